The highest BCUT2D eigenvalue weighted by Crippen LogP contribution is 2.02. The maximum atomic E-state index is 12.2. The predicted molar refractivity (Wildman–Crippen MR) is 94.9 cm³/mol. The Kier molecular flexibility index (Phi) is 11.3. The topological polar surface area (TPSA) is 220 Å². The van der Waals surface area contributed by atoms with Gasteiger partial charge < -0.3 is 38.3 Å². The van der Waals surface area contributed by atoms with Gasteiger partial charge in [0.2, 0.25) is 23.6 Å². The number of unbranched alkanes of at least 4 members (excludes halogenated alkanes) is 1. The summed E-state index contributed by atoms with van der Waals surface area (Å²) in [6, 6.07) is -3.30. The zero-order valence-corrected chi connectivity index (χ0v) is 15.2. The monoisotopic (exact) mass is 388 g/mol. The van der Waals surface area contributed by atoms with Gasteiger partial charge in [0.15, 0.2) is 0 Å². The van der Waals surface area contributed by atoms with Gasteiger partial charge in [0.05, 0.1) is 19.0 Å². The first-order valence-corrected chi connectivity index (χ1v) is 8.42. The third kappa shape index (κ3) is 10.8. The van der Waals surface area contributed by atoms with E-state index in [-0.39, 0.29) is 12.8 Å². The van der Waals surface area contributed by atoms with Gasteiger partial charge in [0.1, 0.15) is 12.1 Å². The summed E-state index contributed by atoms with van der Waals surface area (Å²) in [6.07, 6.45) is 1.03. The molecule has 0 aliphatic rings. The molecule has 3 unspecified atom stereocenters. The number of carboxylic acid groups (broad SMARTS) is 1. The first kappa shape index (κ1) is 24.3. The lowest BCUT2D eigenvalue weighted by molar-refractivity contribution is -0.141. The molecule has 0 bridgehead atoms. The maximum Gasteiger partial charge on any atom is 0.325 e. The highest BCUT2D eigenvalue weighted by atomic mass is 16.4. The number of hydrogen-bond donors (Lipinski definition) is 7. The first-order valence-electron chi connectivity index (χ1n) is 8.42. The number of primary amides is 1. The zero-order chi connectivity index (χ0) is 21.0. The fourth-order valence-corrected chi connectivity index (χ4v) is 1.99. The summed E-state index contributed by atoms with van der Waals surface area (Å²) in [7, 11) is 0. The van der Waals surface area contributed by atoms with Crippen molar-refractivity contribution < 1.29 is 29.1 Å². The number of hydrogen-bond acceptors (Lipinski definition) is 7. The van der Waals surface area contributed by atoms with E-state index in [2.05, 4.69) is 16.0 Å². The van der Waals surface area contributed by atoms with E-state index in [4.69, 9.17) is 22.3 Å². The Morgan fingerprint density at radius 2 is 1.67 bits per heavy atom. The molecule has 0 saturated heterocycles. The number of carbonyl (C=O) groups excluding carboxylic acids is 4. The lowest BCUT2D eigenvalue weighted by atomic mass is 10.1. The van der Waals surface area contributed by atoms with E-state index >= 15 is 0 Å². The van der Waals surface area contributed by atoms with Crippen molar-refractivity contribution in [1.29, 1.82) is 0 Å². The lowest BCUT2D eigenvalue weighted by Crippen LogP contribution is -2.53. The summed E-state index contributed by atoms with van der Waals surface area (Å²) < 4.78 is 0. The molecule has 0 rings (SSSR count). The van der Waals surface area contributed by atoms with Gasteiger partial charge >= 0.3 is 5.97 Å². The molecule has 0 aliphatic heterocycles. The van der Waals surface area contributed by atoms with Crippen molar-refractivity contribution >= 4 is 29.6 Å². The van der Waals surface area contributed by atoms with Crippen LogP contribution >= 0.6 is 0 Å². The van der Waals surface area contributed by atoms with Gasteiger partial charge in [-0.25, -0.2) is 0 Å². The van der Waals surface area contributed by atoms with Crippen LogP contribution in [0.5, 0.6) is 0 Å². The Labute approximate surface area is 156 Å². The van der Waals surface area contributed by atoms with E-state index in [9.17, 15) is 24.0 Å². The van der Waals surface area contributed by atoms with Crippen LogP contribution in [0.25, 0.3) is 0 Å². The van der Waals surface area contributed by atoms with Crippen molar-refractivity contribution in [1.82, 2.24) is 16.0 Å². The standard InChI is InChI=1S/C15H28N6O6/c1-8(15(26)27)20-14(25)10(4-2-3-5-16)21-12(23)7-19-13(24)9(17)6-11(18)22/h8-10H,2-7,16-17H2,1H3,(H2,18,22)(H,19,24)(H,20,25)(H,21,23)(H,26,27). The van der Waals surface area contributed by atoms with Crippen LogP contribution in [0.2, 0.25) is 0 Å². The number of nitrogens with two attached hydrogens (primary N) is 3. The van der Waals surface area contributed by atoms with E-state index in [1.54, 1.807) is 0 Å². The van der Waals surface area contributed by atoms with Crippen LogP contribution in [0.1, 0.15) is 32.6 Å². The third-order valence-corrected chi connectivity index (χ3v) is 3.51. The van der Waals surface area contributed by atoms with Crippen molar-refractivity contribution in [3.8, 4) is 0 Å². The number of carbonyl (C=O) groups is 5. The van der Waals surface area contributed by atoms with E-state index in [1.807, 2.05) is 0 Å². The van der Waals surface area contributed by atoms with E-state index < -0.39 is 54.3 Å². The molecule has 0 radical (unpaired) electrons. The fourth-order valence-electron chi connectivity index (χ4n) is 1.99. The summed E-state index contributed by atoms with van der Waals surface area (Å²) >= 11 is 0. The molecule has 3 atom stereocenters. The van der Waals surface area contributed by atoms with Crippen LogP contribution in [0, 0.1) is 0 Å². The average molecular weight is 388 g/mol. The molecule has 0 saturated carbocycles. The highest BCUT2D eigenvalue weighted by molar-refractivity contribution is 5.93. The van der Waals surface area contributed by atoms with E-state index in [0.29, 0.717) is 19.4 Å². The van der Waals surface area contributed by atoms with Crippen LogP contribution in [-0.4, -0.2) is 65.9 Å². The second-order valence-electron chi connectivity index (χ2n) is 5.97. The maximum absolute atomic E-state index is 12.2. The number of carboxylic acids is 1. The van der Waals surface area contributed by atoms with Gasteiger partial charge in [-0.3, -0.25) is 24.0 Å². The minimum absolute atomic E-state index is 0.246. The summed E-state index contributed by atoms with van der Waals surface area (Å²) in [6.45, 7) is 1.22. The molecule has 27 heavy (non-hydrogen) atoms. The SMILES string of the molecule is CC(NC(=O)C(CCCCN)NC(=O)CNC(=O)C(N)CC(N)=O)C(=O)O. The van der Waals surface area contributed by atoms with Gasteiger partial charge in [0, 0.05) is 0 Å². The van der Waals surface area contributed by atoms with Crippen molar-refractivity contribution in [2.75, 3.05) is 13.1 Å². The molecular weight excluding hydrogens is 360 g/mol. The zero-order valence-electron chi connectivity index (χ0n) is 15.2. The number of aliphatic carboxylic acids is 1. The quantitative estimate of drug-likeness (QED) is 0.156. The van der Waals surface area contributed by atoms with Crippen LogP contribution < -0.4 is 33.2 Å². The molecule has 12 heteroatoms. The van der Waals surface area contributed by atoms with Crippen molar-refractivity contribution in [3.05, 3.63) is 0 Å². The largest absolute Gasteiger partial charge is 0.480 e. The summed E-state index contributed by atoms with van der Waals surface area (Å²) in [5.74, 6) is -4.05. The van der Waals surface area contributed by atoms with Crippen LogP contribution in [0.15, 0.2) is 0 Å². The van der Waals surface area contributed by atoms with Crippen molar-refractivity contribution in [2.24, 2.45) is 17.2 Å². The van der Waals surface area contributed by atoms with E-state index in [1.165, 1.54) is 6.92 Å². The molecule has 12 nitrogen and oxygen atoms in total. The Morgan fingerprint density at radius 3 is 2.19 bits per heavy atom. The van der Waals surface area contributed by atoms with Gasteiger partial charge in [-0.1, -0.05) is 0 Å². The van der Waals surface area contributed by atoms with Gasteiger partial charge in [-0.15, -0.1) is 0 Å². The normalized spacial score (nSPS) is 13.7. The van der Waals surface area contributed by atoms with Crippen molar-refractivity contribution in [3.63, 3.8) is 0 Å². The van der Waals surface area contributed by atoms with Gasteiger partial charge in [0.25, 0.3) is 0 Å². The molecular formula is C15H28N6O6. The van der Waals surface area contributed by atoms with Crippen LogP contribution in [0.4, 0.5) is 0 Å². The Bertz CT molecular complexity index is 555. The minimum atomic E-state index is -1.22. The molecule has 0 spiro atoms. The molecule has 0 heterocycles. The Morgan fingerprint density at radius 1 is 1.04 bits per heavy atom. The summed E-state index contributed by atoms with van der Waals surface area (Å²) in [4.78, 5) is 57.4. The Balaban J connectivity index is 4.68. The molecule has 4 amide bonds. The molecule has 0 aromatic carbocycles. The summed E-state index contributed by atoms with van der Waals surface area (Å²) in [5.41, 5.74) is 15.8. The highest BCUT2D eigenvalue weighted by Gasteiger charge is 2.24. The van der Waals surface area contributed by atoms with Crippen molar-refractivity contribution in [2.45, 2.75) is 50.7 Å². The van der Waals surface area contributed by atoms with Crippen LogP contribution in [-0.2, 0) is 24.0 Å². The molecule has 0 aromatic rings. The fraction of sp³-hybridized carbons (Fsp3) is 0.667. The molecule has 0 aliphatic carbocycles. The number of amides is 4. The third-order valence-electron chi connectivity index (χ3n) is 3.51. The lowest BCUT2D eigenvalue weighted by Gasteiger charge is -2.20. The second-order valence-corrected chi connectivity index (χ2v) is 5.97. The Hall–Kier alpha value is -2.73. The summed E-state index contributed by atoms with van der Waals surface area (Å²) in [5, 5.41) is 15.8. The van der Waals surface area contributed by atoms with Crippen LogP contribution in [0.3, 0.4) is 0 Å². The average Bonchev–Trinajstić information content (AvgIpc) is 2.57. The minimum Gasteiger partial charge on any atom is -0.480 e. The first-order chi connectivity index (χ1) is 12.6. The number of rotatable bonds is 13. The second kappa shape index (κ2) is 12.6. The molecule has 0 aromatic heterocycles. The smallest absolute Gasteiger partial charge is 0.325 e. The molecule has 10 N–H and O–H groups in total. The number of nitrogens with one attached hydrogen (secondary N) is 3. The van der Waals surface area contributed by atoms with Gasteiger partial charge in [-0.05, 0) is 32.7 Å². The molecule has 0 fully saturated rings. The van der Waals surface area contributed by atoms with Gasteiger partial charge in [-0.2, -0.15) is 0 Å². The van der Waals surface area contributed by atoms with E-state index in [0.717, 1.165) is 0 Å². The molecule has 154 valence electrons. The predicted octanol–water partition coefficient (Wildman–Crippen LogP) is -3.49.